The second-order valence-corrected chi connectivity index (χ2v) is 12.9. The fourth-order valence-corrected chi connectivity index (χ4v) is 5.36. The van der Waals surface area contributed by atoms with Gasteiger partial charge in [0.25, 0.3) is 0 Å². The Hall–Kier alpha value is -1.76. The third-order valence-corrected chi connectivity index (χ3v) is 6.19. The molecule has 3 heterocycles. The second kappa shape index (κ2) is 7.24. The van der Waals surface area contributed by atoms with Crippen LogP contribution in [0, 0.1) is 11.8 Å². The first-order chi connectivity index (χ1) is 13.3. The Labute approximate surface area is 166 Å². The number of ether oxygens (including phenoxy) is 2. The van der Waals surface area contributed by atoms with Gasteiger partial charge in [-0.1, -0.05) is 17.9 Å². The summed E-state index contributed by atoms with van der Waals surface area (Å²) in [6.07, 6.45) is 5.31. The average molecular weight is 402 g/mol. The number of aliphatic hydroxyl groups excluding tert-OH is 1. The molecule has 150 valence electrons. The lowest BCUT2D eigenvalue weighted by atomic mass is 9.81. The highest BCUT2D eigenvalue weighted by atomic mass is 28.4. The molecule has 0 bridgehead atoms. The monoisotopic (exact) mass is 401 g/mol. The minimum absolute atomic E-state index is 0.468. The first-order valence-corrected chi connectivity index (χ1v) is 13.2. The summed E-state index contributed by atoms with van der Waals surface area (Å²) in [5.74, 6) is 5.85. The van der Waals surface area contributed by atoms with Crippen LogP contribution in [0.1, 0.15) is 37.4 Å². The van der Waals surface area contributed by atoms with E-state index in [1.165, 1.54) is 6.33 Å². The van der Waals surface area contributed by atoms with Crippen LogP contribution in [-0.4, -0.2) is 52.6 Å². The van der Waals surface area contributed by atoms with Crippen LogP contribution < -0.4 is 0 Å². The molecule has 1 N–H and O–H groups in total. The van der Waals surface area contributed by atoms with Crippen LogP contribution in [0.2, 0.25) is 19.6 Å². The number of rotatable bonds is 3. The Balaban J connectivity index is 1.56. The Morgan fingerprint density at radius 2 is 1.89 bits per heavy atom. The molecule has 4 rings (SSSR count). The molecule has 1 atom stereocenters. The van der Waals surface area contributed by atoms with Crippen molar-refractivity contribution in [3.8, 4) is 11.8 Å². The van der Waals surface area contributed by atoms with Gasteiger partial charge in [-0.05, 0) is 38.5 Å². The number of fused-ring (bicyclic) bond motifs is 1. The summed E-state index contributed by atoms with van der Waals surface area (Å²) in [7, 11) is -1.83. The molecule has 2 aromatic heterocycles. The maximum absolute atomic E-state index is 10.6. The molecule has 28 heavy (non-hydrogen) atoms. The van der Waals surface area contributed by atoms with Crippen molar-refractivity contribution in [2.24, 2.45) is 0 Å². The van der Waals surface area contributed by atoms with E-state index in [-0.39, 0.29) is 0 Å². The molecule has 0 amide bonds. The highest BCUT2D eigenvalue weighted by Gasteiger charge is 2.47. The van der Waals surface area contributed by atoms with Crippen LogP contribution in [0.15, 0.2) is 24.7 Å². The highest BCUT2D eigenvalue weighted by molar-refractivity contribution is 6.69. The van der Waals surface area contributed by atoms with Gasteiger partial charge in [0.1, 0.15) is 18.0 Å². The van der Waals surface area contributed by atoms with Crippen molar-refractivity contribution in [3.63, 3.8) is 0 Å². The van der Waals surface area contributed by atoms with Gasteiger partial charge < -0.3 is 19.0 Å². The molecule has 2 aromatic rings. The summed E-state index contributed by atoms with van der Waals surface area (Å²) in [4.78, 5) is 4.12. The van der Waals surface area contributed by atoms with E-state index in [0.29, 0.717) is 18.8 Å². The largest absolute Gasteiger partial charge is 0.402 e. The zero-order valence-electron chi connectivity index (χ0n) is 16.6. The van der Waals surface area contributed by atoms with Crippen molar-refractivity contribution in [1.82, 2.24) is 14.6 Å². The van der Waals surface area contributed by atoms with Crippen molar-refractivity contribution in [2.75, 3.05) is 13.2 Å². The van der Waals surface area contributed by atoms with Gasteiger partial charge in [-0.3, -0.25) is 0 Å². The van der Waals surface area contributed by atoms with Crippen LogP contribution in [0.4, 0.5) is 0 Å². The predicted molar refractivity (Wildman–Crippen MR) is 106 cm³/mol. The normalized spacial score (nSPS) is 22.1. The SMILES string of the molecule is C[Si](C)(C)OC1(C#CC(O)c2ccc3ncnn3c2)CCC2(CC1)OCCO2. The molecule has 2 fully saturated rings. The van der Waals surface area contributed by atoms with E-state index in [9.17, 15) is 5.11 Å². The number of aliphatic hydroxyl groups is 1. The molecule has 1 saturated heterocycles. The topological polar surface area (TPSA) is 78.1 Å². The minimum atomic E-state index is -1.83. The van der Waals surface area contributed by atoms with Gasteiger partial charge in [0.2, 0.25) is 0 Å². The third-order valence-electron chi connectivity index (χ3n) is 5.18. The Morgan fingerprint density at radius 1 is 1.18 bits per heavy atom. The van der Waals surface area contributed by atoms with Crippen molar-refractivity contribution >= 4 is 14.0 Å². The van der Waals surface area contributed by atoms with Crippen molar-refractivity contribution in [1.29, 1.82) is 0 Å². The molecule has 7 nitrogen and oxygen atoms in total. The van der Waals surface area contributed by atoms with Gasteiger partial charge in [-0.2, -0.15) is 5.10 Å². The van der Waals surface area contributed by atoms with Crippen LogP contribution in [0.5, 0.6) is 0 Å². The summed E-state index contributed by atoms with van der Waals surface area (Å²) < 4.78 is 19.9. The predicted octanol–water partition coefficient (Wildman–Crippen LogP) is 2.67. The molecular weight excluding hydrogens is 374 g/mol. The smallest absolute Gasteiger partial charge is 0.185 e. The van der Waals surface area contributed by atoms with Crippen molar-refractivity contribution in [2.45, 2.75) is 62.8 Å². The summed E-state index contributed by atoms with van der Waals surface area (Å²) in [5, 5.41) is 14.8. The lowest BCUT2D eigenvalue weighted by Gasteiger charge is -2.43. The summed E-state index contributed by atoms with van der Waals surface area (Å²) in [6.45, 7) is 7.80. The molecule has 0 aromatic carbocycles. The quantitative estimate of drug-likeness (QED) is 0.629. The summed E-state index contributed by atoms with van der Waals surface area (Å²) in [5.41, 5.74) is 0.851. The second-order valence-electron chi connectivity index (χ2n) is 8.51. The van der Waals surface area contributed by atoms with Crippen LogP contribution in [-0.2, 0) is 13.9 Å². The maximum atomic E-state index is 10.6. The first kappa shape index (κ1) is 19.5. The maximum Gasteiger partial charge on any atom is 0.185 e. The summed E-state index contributed by atoms with van der Waals surface area (Å²) >= 11 is 0. The number of aromatic nitrogens is 3. The Bertz CT molecular complexity index is 895. The van der Waals surface area contributed by atoms with Gasteiger partial charge in [-0.25, -0.2) is 9.50 Å². The van der Waals surface area contributed by atoms with Crippen LogP contribution in [0.25, 0.3) is 5.65 Å². The van der Waals surface area contributed by atoms with Crippen molar-refractivity contribution < 1.29 is 19.0 Å². The third kappa shape index (κ3) is 4.14. The molecule has 1 saturated carbocycles. The minimum Gasteiger partial charge on any atom is -0.402 e. The lowest BCUT2D eigenvalue weighted by molar-refractivity contribution is -0.193. The Kier molecular flexibility index (Phi) is 5.06. The van der Waals surface area contributed by atoms with E-state index in [2.05, 4.69) is 41.6 Å². The zero-order valence-corrected chi connectivity index (χ0v) is 17.6. The zero-order chi connectivity index (χ0) is 19.8. The van der Waals surface area contributed by atoms with Gasteiger partial charge in [0.15, 0.2) is 19.8 Å². The van der Waals surface area contributed by atoms with Gasteiger partial charge in [0.05, 0.1) is 13.2 Å². The van der Waals surface area contributed by atoms with Gasteiger partial charge >= 0.3 is 0 Å². The van der Waals surface area contributed by atoms with Crippen LogP contribution >= 0.6 is 0 Å². The highest BCUT2D eigenvalue weighted by Crippen LogP contribution is 2.43. The fourth-order valence-electron chi connectivity index (χ4n) is 3.94. The lowest BCUT2D eigenvalue weighted by Crippen LogP contribution is -2.49. The fraction of sp³-hybridized carbons (Fsp3) is 0.600. The standard InChI is InChI=1S/C20H27N3O4Si/c1-28(2,3)27-19(8-10-20(11-9-19)25-12-13-26-20)7-6-17(24)16-4-5-18-21-15-22-23(18)14-16/h4-5,14-15,17,24H,8-13H2,1-3H3. The van der Waals surface area contributed by atoms with E-state index in [1.807, 2.05) is 12.1 Å². The average Bonchev–Trinajstić information content (AvgIpc) is 3.30. The van der Waals surface area contributed by atoms with E-state index >= 15 is 0 Å². The molecular formula is C20H27N3O4Si. The molecule has 1 aliphatic heterocycles. The molecule has 2 aliphatic rings. The first-order valence-electron chi connectivity index (χ1n) is 9.76. The van der Waals surface area contributed by atoms with E-state index in [4.69, 9.17) is 13.9 Å². The number of pyridine rings is 1. The van der Waals surface area contributed by atoms with Crippen LogP contribution in [0.3, 0.4) is 0 Å². The number of nitrogens with zero attached hydrogens (tertiary/aromatic N) is 3. The number of hydrogen-bond donors (Lipinski definition) is 1. The van der Waals surface area contributed by atoms with Crippen molar-refractivity contribution in [3.05, 3.63) is 30.2 Å². The van der Waals surface area contributed by atoms with Gasteiger partial charge in [0, 0.05) is 24.6 Å². The molecule has 1 spiro atoms. The van der Waals surface area contributed by atoms with Gasteiger partial charge in [-0.15, -0.1) is 0 Å². The molecule has 1 aliphatic carbocycles. The molecule has 0 radical (unpaired) electrons. The number of hydrogen-bond acceptors (Lipinski definition) is 6. The van der Waals surface area contributed by atoms with E-state index in [0.717, 1.165) is 31.3 Å². The summed E-state index contributed by atoms with van der Waals surface area (Å²) in [6, 6.07) is 3.65. The van der Waals surface area contributed by atoms with E-state index in [1.54, 1.807) is 10.7 Å². The Morgan fingerprint density at radius 3 is 2.57 bits per heavy atom. The van der Waals surface area contributed by atoms with E-state index < -0.39 is 25.8 Å². The molecule has 8 heteroatoms. The molecule has 1 unspecified atom stereocenters.